The van der Waals surface area contributed by atoms with Crippen LogP contribution in [-0.2, 0) is 4.74 Å². The Kier molecular flexibility index (Phi) is 5.26. The number of halogens is 2. The number of alkyl carbamates (subject to hydrolysis) is 1. The fourth-order valence-corrected chi connectivity index (χ4v) is 3.50. The third-order valence-corrected chi connectivity index (χ3v) is 4.82. The first-order valence-corrected chi connectivity index (χ1v) is 9.16. The van der Waals surface area contributed by atoms with Crippen LogP contribution in [0.2, 0.25) is 0 Å². The van der Waals surface area contributed by atoms with E-state index in [9.17, 15) is 13.6 Å². The quantitative estimate of drug-likeness (QED) is 0.650. The third-order valence-electron chi connectivity index (χ3n) is 4.82. The predicted octanol–water partition coefficient (Wildman–Crippen LogP) is 4.86. The van der Waals surface area contributed by atoms with Crippen molar-refractivity contribution in [3.8, 4) is 23.0 Å². The van der Waals surface area contributed by atoms with Gasteiger partial charge in [-0.05, 0) is 34.4 Å². The van der Waals surface area contributed by atoms with Crippen LogP contribution in [0.25, 0.3) is 11.1 Å². The molecule has 0 radical (unpaired) electrons. The van der Waals surface area contributed by atoms with E-state index < -0.39 is 17.7 Å². The number of fused-ring (bicyclic) bond motifs is 3. The van der Waals surface area contributed by atoms with Gasteiger partial charge in [0, 0.05) is 12.0 Å². The summed E-state index contributed by atoms with van der Waals surface area (Å²) in [6, 6.07) is 19.3. The molecule has 5 heteroatoms. The summed E-state index contributed by atoms with van der Waals surface area (Å²) < 4.78 is 31.8. The molecule has 0 saturated heterocycles. The van der Waals surface area contributed by atoms with Crippen molar-refractivity contribution in [2.24, 2.45) is 0 Å². The highest BCUT2D eigenvalue weighted by molar-refractivity contribution is 5.79. The van der Waals surface area contributed by atoms with E-state index in [0.29, 0.717) is 0 Å². The van der Waals surface area contributed by atoms with Crippen LogP contribution in [-0.4, -0.2) is 19.2 Å². The Bertz CT molecular complexity index is 1090. The van der Waals surface area contributed by atoms with Crippen LogP contribution >= 0.6 is 0 Å². The number of carbonyl (C=O) groups is 1. The van der Waals surface area contributed by atoms with Gasteiger partial charge in [-0.15, -0.1) is 0 Å². The van der Waals surface area contributed by atoms with Crippen molar-refractivity contribution in [1.82, 2.24) is 5.32 Å². The number of ether oxygens (including phenoxy) is 1. The minimum absolute atomic E-state index is 0.00646. The van der Waals surface area contributed by atoms with Crippen molar-refractivity contribution in [3.05, 3.63) is 95.1 Å². The highest BCUT2D eigenvalue weighted by atomic mass is 19.1. The number of carbonyl (C=O) groups excluding carboxylic acids is 1. The molecule has 144 valence electrons. The number of nitrogens with one attached hydrogen (secondary N) is 1. The second-order valence-corrected chi connectivity index (χ2v) is 6.61. The number of benzene rings is 3. The maximum atomic E-state index is 13.5. The van der Waals surface area contributed by atoms with Gasteiger partial charge in [0.15, 0.2) is 0 Å². The zero-order valence-electron chi connectivity index (χ0n) is 15.4. The number of hydrogen-bond donors (Lipinski definition) is 1. The average molecular weight is 389 g/mol. The van der Waals surface area contributed by atoms with E-state index in [4.69, 9.17) is 4.74 Å². The lowest BCUT2D eigenvalue weighted by atomic mass is 9.98. The van der Waals surface area contributed by atoms with Crippen LogP contribution in [0.15, 0.2) is 66.7 Å². The Morgan fingerprint density at radius 3 is 2.28 bits per heavy atom. The molecule has 3 aromatic carbocycles. The van der Waals surface area contributed by atoms with Crippen molar-refractivity contribution < 1.29 is 18.3 Å². The molecule has 0 bridgehead atoms. The van der Waals surface area contributed by atoms with Gasteiger partial charge in [0.05, 0.1) is 12.1 Å². The summed E-state index contributed by atoms with van der Waals surface area (Å²) in [4.78, 5) is 12.0. The molecule has 0 fully saturated rings. The summed E-state index contributed by atoms with van der Waals surface area (Å²) in [6.45, 7) is 0.202. The van der Waals surface area contributed by atoms with Gasteiger partial charge in [0.25, 0.3) is 0 Å². The van der Waals surface area contributed by atoms with E-state index in [1.54, 1.807) is 0 Å². The molecule has 1 aliphatic carbocycles. The van der Waals surface area contributed by atoms with E-state index in [-0.39, 0.29) is 24.6 Å². The van der Waals surface area contributed by atoms with Crippen molar-refractivity contribution in [3.63, 3.8) is 0 Å². The van der Waals surface area contributed by atoms with Gasteiger partial charge >= 0.3 is 6.09 Å². The van der Waals surface area contributed by atoms with E-state index in [1.165, 1.54) is 6.07 Å². The molecule has 3 aromatic rings. The van der Waals surface area contributed by atoms with Crippen LogP contribution in [0.3, 0.4) is 0 Å². The second kappa shape index (κ2) is 8.15. The zero-order valence-corrected chi connectivity index (χ0v) is 15.4. The molecule has 0 aromatic heterocycles. The average Bonchev–Trinajstić information content (AvgIpc) is 3.05. The largest absolute Gasteiger partial charge is 0.449 e. The van der Waals surface area contributed by atoms with Gasteiger partial charge in [0.2, 0.25) is 0 Å². The fraction of sp³-hybridized carbons (Fsp3) is 0.125. The van der Waals surface area contributed by atoms with Crippen LogP contribution in [0.5, 0.6) is 0 Å². The van der Waals surface area contributed by atoms with E-state index >= 15 is 0 Å². The van der Waals surface area contributed by atoms with E-state index in [0.717, 1.165) is 34.4 Å². The standard InChI is InChI=1S/C24H17F2NO2/c25-17-12-11-16(23(26)14-17)6-5-13-27-24(28)29-15-22-20-9-3-1-7-18(20)19-8-2-4-10-21(19)22/h1-4,7-12,14,22H,13,15H2,(H,27,28). The van der Waals surface area contributed by atoms with Gasteiger partial charge in [-0.25, -0.2) is 13.6 Å². The molecule has 1 amide bonds. The molecular formula is C24H17F2NO2. The summed E-state index contributed by atoms with van der Waals surface area (Å²) in [6.07, 6.45) is -0.597. The Morgan fingerprint density at radius 2 is 1.62 bits per heavy atom. The monoisotopic (exact) mass is 389 g/mol. The number of rotatable bonds is 3. The summed E-state index contributed by atoms with van der Waals surface area (Å²) in [5.74, 6) is 3.76. The molecule has 1 N–H and O–H groups in total. The molecule has 29 heavy (non-hydrogen) atoms. The van der Waals surface area contributed by atoms with Crippen molar-refractivity contribution in [2.45, 2.75) is 5.92 Å². The van der Waals surface area contributed by atoms with Gasteiger partial charge < -0.3 is 10.1 Å². The van der Waals surface area contributed by atoms with Crippen molar-refractivity contribution >= 4 is 6.09 Å². The van der Waals surface area contributed by atoms with Crippen LogP contribution in [0.4, 0.5) is 13.6 Å². The number of hydrogen-bond acceptors (Lipinski definition) is 2. The van der Waals surface area contributed by atoms with Gasteiger partial charge in [-0.2, -0.15) is 0 Å². The fourth-order valence-electron chi connectivity index (χ4n) is 3.50. The first-order valence-electron chi connectivity index (χ1n) is 9.16. The molecule has 0 aliphatic heterocycles. The maximum absolute atomic E-state index is 13.5. The second-order valence-electron chi connectivity index (χ2n) is 6.61. The first kappa shape index (κ1) is 18.7. The van der Waals surface area contributed by atoms with Crippen molar-refractivity contribution in [1.29, 1.82) is 0 Å². The third kappa shape index (κ3) is 3.97. The highest BCUT2D eigenvalue weighted by Crippen LogP contribution is 2.44. The van der Waals surface area contributed by atoms with Gasteiger partial charge in [0.1, 0.15) is 18.2 Å². The van der Waals surface area contributed by atoms with Crippen LogP contribution in [0.1, 0.15) is 22.6 Å². The van der Waals surface area contributed by atoms with Gasteiger partial charge in [-0.3, -0.25) is 0 Å². The summed E-state index contributed by atoms with van der Waals surface area (Å²) in [7, 11) is 0. The van der Waals surface area contributed by atoms with E-state index in [2.05, 4.69) is 29.3 Å². The smallest absolute Gasteiger partial charge is 0.407 e. The summed E-state index contributed by atoms with van der Waals surface area (Å²) >= 11 is 0. The molecule has 1 aliphatic rings. The minimum atomic E-state index is -0.737. The lowest BCUT2D eigenvalue weighted by Crippen LogP contribution is -2.26. The molecule has 0 atom stereocenters. The SMILES string of the molecule is O=C(NCC#Cc1ccc(F)cc1F)OCC1c2ccccc2-c2ccccc21. The summed E-state index contributed by atoms with van der Waals surface area (Å²) in [5, 5.41) is 2.52. The normalized spacial score (nSPS) is 11.8. The summed E-state index contributed by atoms with van der Waals surface area (Å²) in [5.41, 5.74) is 4.65. The maximum Gasteiger partial charge on any atom is 0.407 e. The number of amides is 1. The Hall–Kier alpha value is -3.65. The molecule has 4 rings (SSSR count). The molecular weight excluding hydrogens is 372 g/mol. The first-order chi connectivity index (χ1) is 14.1. The minimum Gasteiger partial charge on any atom is -0.449 e. The topological polar surface area (TPSA) is 38.3 Å². The van der Waals surface area contributed by atoms with E-state index in [1.807, 2.05) is 36.4 Å². The lowest BCUT2D eigenvalue weighted by molar-refractivity contribution is 0.144. The molecule has 0 saturated carbocycles. The zero-order chi connectivity index (χ0) is 20.2. The Labute approximate surface area is 167 Å². The van der Waals surface area contributed by atoms with Crippen molar-refractivity contribution in [2.75, 3.05) is 13.2 Å². The molecule has 0 unspecified atom stereocenters. The molecule has 0 heterocycles. The highest BCUT2D eigenvalue weighted by Gasteiger charge is 2.28. The lowest BCUT2D eigenvalue weighted by Gasteiger charge is -2.14. The Morgan fingerprint density at radius 1 is 0.966 bits per heavy atom. The van der Waals surface area contributed by atoms with Crippen LogP contribution in [0, 0.1) is 23.5 Å². The Balaban J connectivity index is 1.35. The van der Waals surface area contributed by atoms with Crippen LogP contribution < -0.4 is 5.32 Å². The molecule has 3 nitrogen and oxygen atoms in total. The predicted molar refractivity (Wildman–Crippen MR) is 106 cm³/mol. The van der Waals surface area contributed by atoms with Gasteiger partial charge in [-0.1, -0.05) is 60.4 Å². The molecule has 0 spiro atoms.